The summed E-state index contributed by atoms with van der Waals surface area (Å²) in [4.78, 5) is 26.2. The second kappa shape index (κ2) is 7.53. The fourth-order valence-corrected chi connectivity index (χ4v) is 3.15. The molecule has 7 nitrogen and oxygen atoms in total. The van der Waals surface area contributed by atoms with Crippen LogP contribution in [-0.2, 0) is 16.1 Å². The molecule has 2 N–H and O–H groups in total. The van der Waals surface area contributed by atoms with Gasteiger partial charge in [0.05, 0.1) is 0 Å². The molecule has 0 bridgehead atoms. The summed E-state index contributed by atoms with van der Waals surface area (Å²) >= 11 is 0. The Morgan fingerprint density at radius 1 is 1.21 bits per heavy atom. The van der Waals surface area contributed by atoms with Crippen molar-refractivity contribution in [3.63, 3.8) is 0 Å². The Morgan fingerprint density at radius 3 is 2.83 bits per heavy atom. The highest BCUT2D eigenvalue weighted by molar-refractivity contribution is 6.35. The van der Waals surface area contributed by atoms with Gasteiger partial charge in [0, 0.05) is 19.1 Å². The number of nitrogens with one attached hydrogen (secondary N) is 2. The number of likely N-dealkylation sites (N-methyl/N-ethyl adjacent to an activating group) is 1. The molecule has 2 heterocycles. The zero-order chi connectivity index (χ0) is 16.9. The lowest BCUT2D eigenvalue weighted by Gasteiger charge is -2.22. The highest BCUT2D eigenvalue weighted by Crippen LogP contribution is 2.32. The van der Waals surface area contributed by atoms with Crippen LogP contribution in [-0.4, -0.2) is 49.2 Å². The van der Waals surface area contributed by atoms with Crippen molar-refractivity contribution in [1.29, 1.82) is 0 Å². The van der Waals surface area contributed by atoms with E-state index in [1.54, 1.807) is 12.1 Å². The van der Waals surface area contributed by atoms with Gasteiger partial charge < -0.3 is 20.1 Å². The largest absolute Gasteiger partial charge is 0.454 e. The molecule has 1 fully saturated rings. The maximum Gasteiger partial charge on any atom is 0.309 e. The van der Waals surface area contributed by atoms with E-state index < -0.39 is 11.8 Å². The van der Waals surface area contributed by atoms with Gasteiger partial charge in [-0.05, 0) is 43.6 Å². The minimum absolute atomic E-state index is 0.212. The highest BCUT2D eigenvalue weighted by Gasteiger charge is 2.24. The van der Waals surface area contributed by atoms with E-state index in [1.165, 1.54) is 0 Å². The molecule has 24 heavy (non-hydrogen) atoms. The van der Waals surface area contributed by atoms with Gasteiger partial charge >= 0.3 is 11.8 Å². The van der Waals surface area contributed by atoms with Crippen molar-refractivity contribution in [2.45, 2.75) is 32.4 Å². The summed E-state index contributed by atoms with van der Waals surface area (Å²) in [7, 11) is 0. The molecule has 1 atom stereocenters. The van der Waals surface area contributed by atoms with Gasteiger partial charge in [-0.15, -0.1) is 0 Å². The van der Waals surface area contributed by atoms with Crippen molar-refractivity contribution in [2.24, 2.45) is 0 Å². The van der Waals surface area contributed by atoms with Crippen LogP contribution < -0.4 is 20.1 Å². The molecule has 2 aliphatic heterocycles. The molecule has 1 aromatic rings. The van der Waals surface area contributed by atoms with Gasteiger partial charge in [-0.3, -0.25) is 14.5 Å². The summed E-state index contributed by atoms with van der Waals surface area (Å²) in [6, 6.07) is 5.77. The van der Waals surface area contributed by atoms with Gasteiger partial charge in [0.2, 0.25) is 6.79 Å². The number of benzene rings is 1. The second-order valence-electron chi connectivity index (χ2n) is 6.00. The van der Waals surface area contributed by atoms with Crippen molar-refractivity contribution < 1.29 is 19.1 Å². The fraction of sp³-hybridized carbons (Fsp3) is 0.529. The van der Waals surface area contributed by atoms with Crippen LogP contribution in [0.5, 0.6) is 11.5 Å². The van der Waals surface area contributed by atoms with Gasteiger partial charge in [-0.2, -0.15) is 0 Å². The molecule has 2 amide bonds. The van der Waals surface area contributed by atoms with Crippen LogP contribution in [0.3, 0.4) is 0 Å². The summed E-state index contributed by atoms with van der Waals surface area (Å²) in [6.07, 6.45) is 2.21. The van der Waals surface area contributed by atoms with Crippen LogP contribution in [0.1, 0.15) is 25.3 Å². The molecule has 0 aliphatic carbocycles. The lowest BCUT2D eigenvalue weighted by atomic mass is 10.2. The van der Waals surface area contributed by atoms with Gasteiger partial charge in [0.25, 0.3) is 0 Å². The van der Waals surface area contributed by atoms with Gasteiger partial charge in [-0.25, -0.2) is 0 Å². The van der Waals surface area contributed by atoms with Crippen molar-refractivity contribution in [3.8, 4) is 11.5 Å². The molecule has 2 aliphatic rings. The van der Waals surface area contributed by atoms with E-state index in [0.717, 1.165) is 31.5 Å². The summed E-state index contributed by atoms with van der Waals surface area (Å²) < 4.78 is 10.5. The molecule has 1 saturated heterocycles. The zero-order valence-electron chi connectivity index (χ0n) is 13.8. The smallest absolute Gasteiger partial charge is 0.309 e. The van der Waals surface area contributed by atoms with Crippen LogP contribution in [0.2, 0.25) is 0 Å². The van der Waals surface area contributed by atoms with Gasteiger partial charge in [0.15, 0.2) is 11.5 Å². The fourth-order valence-electron chi connectivity index (χ4n) is 3.15. The quantitative estimate of drug-likeness (QED) is 0.773. The highest BCUT2D eigenvalue weighted by atomic mass is 16.7. The van der Waals surface area contributed by atoms with Crippen molar-refractivity contribution in [3.05, 3.63) is 23.8 Å². The Balaban J connectivity index is 1.43. The summed E-state index contributed by atoms with van der Waals surface area (Å²) in [5.74, 6) is 0.152. The zero-order valence-corrected chi connectivity index (χ0v) is 13.8. The van der Waals surface area contributed by atoms with E-state index in [0.29, 0.717) is 24.1 Å². The van der Waals surface area contributed by atoms with Gasteiger partial charge in [-0.1, -0.05) is 13.0 Å². The molecule has 1 aromatic carbocycles. The second-order valence-corrected chi connectivity index (χ2v) is 6.00. The van der Waals surface area contributed by atoms with Crippen LogP contribution in [0.4, 0.5) is 0 Å². The standard InChI is InChI=1S/C17H23N3O4/c1-2-20-7-3-4-13(20)10-19-17(22)16(21)18-9-12-5-6-14-15(8-12)24-11-23-14/h5-6,8,13H,2-4,7,9-11H2,1H3,(H,18,21)(H,19,22). The number of rotatable bonds is 5. The van der Waals surface area contributed by atoms with E-state index in [9.17, 15) is 9.59 Å². The summed E-state index contributed by atoms with van der Waals surface area (Å²) in [6.45, 7) is 5.14. The van der Waals surface area contributed by atoms with Crippen molar-refractivity contribution >= 4 is 11.8 Å². The third-order valence-corrected chi connectivity index (χ3v) is 4.50. The van der Waals surface area contributed by atoms with E-state index >= 15 is 0 Å². The molecule has 0 saturated carbocycles. The normalized spacial score (nSPS) is 19.3. The Labute approximate surface area is 141 Å². The predicted octanol–water partition coefficient (Wildman–Crippen LogP) is 0.632. The van der Waals surface area contributed by atoms with Crippen LogP contribution in [0.25, 0.3) is 0 Å². The molecule has 130 valence electrons. The van der Waals surface area contributed by atoms with Crippen molar-refractivity contribution in [2.75, 3.05) is 26.4 Å². The Hall–Kier alpha value is -2.28. The first-order valence-electron chi connectivity index (χ1n) is 8.36. The molecule has 0 aromatic heterocycles. The minimum atomic E-state index is -0.617. The average molecular weight is 333 g/mol. The maximum absolute atomic E-state index is 11.9. The van der Waals surface area contributed by atoms with Gasteiger partial charge in [0.1, 0.15) is 0 Å². The number of likely N-dealkylation sites (tertiary alicyclic amines) is 1. The minimum Gasteiger partial charge on any atom is -0.454 e. The maximum atomic E-state index is 11.9. The molecular weight excluding hydrogens is 310 g/mol. The summed E-state index contributed by atoms with van der Waals surface area (Å²) in [5.41, 5.74) is 0.855. The topological polar surface area (TPSA) is 79.9 Å². The van der Waals surface area contributed by atoms with Crippen molar-refractivity contribution in [1.82, 2.24) is 15.5 Å². The summed E-state index contributed by atoms with van der Waals surface area (Å²) in [5, 5.41) is 5.36. The number of nitrogens with zero attached hydrogens (tertiary/aromatic N) is 1. The van der Waals surface area contributed by atoms with Crippen LogP contribution in [0, 0.1) is 0 Å². The number of hydrogen-bond acceptors (Lipinski definition) is 5. The molecule has 7 heteroatoms. The molecule has 0 spiro atoms. The van der Waals surface area contributed by atoms with Crippen LogP contribution in [0.15, 0.2) is 18.2 Å². The monoisotopic (exact) mass is 333 g/mol. The molecule has 0 radical (unpaired) electrons. The Bertz CT molecular complexity index is 620. The average Bonchev–Trinajstić information content (AvgIpc) is 3.25. The van der Waals surface area contributed by atoms with E-state index in [-0.39, 0.29) is 13.3 Å². The van der Waals surface area contributed by atoms with E-state index in [4.69, 9.17) is 9.47 Å². The Morgan fingerprint density at radius 2 is 2.00 bits per heavy atom. The predicted molar refractivity (Wildman–Crippen MR) is 87.7 cm³/mol. The van der Waals surface area contributed by atoms with E-state index in [2.05, 4.69) is 22.5 Å². The number of amides is 2. The first-order valence-corrected chi connectivity index (χ1v) is 8.36. The van der Waals surface area contributed by atoms with Crippen LogP contribution >= 0.6 is 0 Å². The van der Waals surface area contributed by atoms with E-state index in [1.807, 2.05) is 6.07 Å². The number of carbonyl (C=O) groups is 2. The third-order valence-electron chi connectivity index (χ3n) is 4.50. The first kappa shape index (κ1) is 16.6. The third kappa shape index (κ3) is 3.79. The number of ether oxygens (including phenoxy) is 2. The number of carbonyl (C=O) groups excluding carboxylic acids is 2. The number of fused-ring (bicyclic) bond motifs is 1. The Kier molecular flexibility index (Phi) is 5.20. The lowest BCUT2D eigenvalue weighted by Crippen LogP contribution is -2.45. The number of hydrogen-bond donors (Lipinski definition) is 2. The SMILES string of the molecule is CCN1CCCC1CNC(=O)C(=O)NCc1ccc2c(c1)OCO2. The molecular formula is C17H23N3O4. The lowest BCUT2D eigenvalue weighted by molar-refractivity contribution is -0.139. The molecule has 3 rings (SSSR count). The molecule has 1 unspecified atom stereocenters. The first-order chi connectivity index (χ1) is 11.7.